The van der Waals surface area contributed by atoms with Crippen molar-refractivity contribution in [1.29, 1.82) is 0 Å². The summed E-state index contributed by atoms with van der Waals surface area (Å²) in [4.78, 5) is 63.9. The molecule has 4 heterocycles. The number of carbonyl (C=O) groups excluding carboxylic acids is 4. The van der Waals surface area contributed by atoms with E-state index in [2.05, 4.69) is 145 Å². The van der Waals surface area contributed by atoms with Crippen LogP contribution in [0.2, 0.25) is 0 Å². The van der Waals surface area contributed by atoms with Crippen LogP contribution in [0.15, 0.2) is 0 Å². The van der Waals surface area contributed by atoms with Crippen LogP contribution in [0, 0.1) is 23.7 Å². The van der Waals surface area contributed by atoms with Gasteiger partial charge in [0.15, 0.2) is 0 Å². The Bertz CT molecular complexity index is 1500. The van der Waals surface area contributed by atoms with Crippen molar-refractivity contribution < 1.29 is 38.1 Å². The van der Waals surface area contributed by atoms with Crippen molar-refractivity contribution in [2.45, 2.75) is 244 Å². The summed E-state index contributed by atoms with van der Waals surface area (Å²) < 4.78 is 25.7. The van der Waals surface area contributed by atoms with Gasteiger partial charge < -0.3 is 29.6 Å². The highest BCUT2D eigenvalue weighted by molar-refractivity contribution is 5.89. The number of nitrogens with zero attached hydrogens (tertiary/aromatic N) is 2. The van der Waals surface area contributed by atoms with E-state index >= 15 is 0 Å². The summed E-state index contributed by atoms with van der Waals surface area (Å²) >= 11 is 0. The van der Waals surface area contributed by atoms with Crippen LogP contribution in [0.1, 0.15) is 175 Å². The Morgan fingerprint density at radius 3 is 0.950 bits per heavy atom. The predicted molar refractivity (Wildman–Crippen MR) is 234 cm³/mol. The van der Waals surface area contributed by atoms with Gasteiger partial charge in [-0.15, -0.1) is 0 Å². The minimum Gasteiger partial charge on any atom is -0.462 e. The molecule has 1 saturated carbocycles. The normalized spacial score (nSPS) is 33.0. The maximum absolute atomic E-state index is 14.9. The zero-order chi connectivity index (χ0) is 45.4. The lowest BCUT2D eigenvalue weighted by Crippen LogP contribution is -2.61. The molecule has 2 atom stereocenters. The number of rotatable bonds is 8. The van der Waals surface area contributed by atoms with Crippen LogP contribution < -0.4 is 10.6 Å². The van der Waals surface area contributed by atoms with E-state index in [9.17, 15) is 19.2 Å². The summed E-state index contributed by atoms with van der Waals surface area (Å²) in [6.45, 7) is 33.9. The first-order valence-corrected chi connectivity index (χ1v) is 22.9. The van der Waals surface area contributed by atoms with Crippen LogP contribution in [-0.2, 0) is 38.1 Å². The van der Waals surface area contributed by atoms with E-state index in [-0.39, 0.29) is 63.3 Å². The van der Waals surface area contributed by atoms with Crippen LogP contribution in [0.3, 0.4) is 0 Å². The van der Waals surface area contributed by atoms with E-state index in [1.165, 1.54) is 0 Å². The lowest BCUT2D eigenvalue weighted by atomic mass is 9.67. The topological polar surface area (TPSA) is 136 Å². The molecule has 5 fully saturated rings. The molecule has 12 nitrogen and oxygen atoms in total. The fourth-order valence-electron chi connectivity index (χ4n) is 12.6. The zero-order valence-electron chi connectivity index (χ0n) is 40.9. The van der Waals surface area contributed by atoms with Crippen LogP contribution in [0.4, 0.5) is 0 Å². The third kappa shape index (κ3) is 11.3. The van der Waals surface area contributed by atoms with Crippen molar-refractivity contribution in [3.8, 4) is 0 Å². The van der Waals surface area contributed by atoms with Gasteiger partial charge in [0, 0.05) is 95.7 Å². The van der Waals surface area contributed by atoms with Gasteiger partial charge in [0.25, 0.3) is 0 Å². The molecule has 4 saturated heterocycles. The summed E-state index contributed by atoms with van der Waals surface area (Å²) in [6.07, 6.45) is 3.11. The highest BCUT2D eigenvalue weighted by atomic mass is 16.6. The van der Waals surface area contributed by atoms with Gasteiger partial charge in [-0.2, -0.15) is 0 Å². The van der Waals surface area contributed by atoms with Crippen LogP contribution in [0.5, 0.6) is 0 Å². The Balaban J connectivity index is 1.52. The molecule has 12 heteroatoms. The average Bonchev–Trinajstić information content (AvgIpc) is 3.01. The zero-order valence-corrected chi connectivity index (χ0v) is 40.9. The highest BCUT2D eigenvalue weighted by Crippen LogP contribution is 2.46. The SMILES string of the molecule is CN1C(C)(C)CC(OC(=O)C2CC(C(=O)OC3CC(C)(C)NC(C)(C)C3)CC(C(=O)OC3CC(C)(C)N(C)C(C)(C)C3)C2C(=O)OC2CC(C)(C)NC(C)(C)C2)CC1(C)C. The van der Waals surface area contributed by atoms with Gasteiger partial charge in [0.1, 0.15) is 24.4 Å². The third-order valence-corrected chi connectivity index (χ3v) is 15.1. The maximum Gasteiger partial charge on any atom is 0.310 e. The minimum atomic E-state index is -1.20. The highest BCUT2D eigenvalue weighted by Gasteiger charge is 2.56. The molecule has 0 aromatic heterocycles. The molecule has 5 rings (SSSR count). The summed E-state index contributed by atoms with van der Waals surface area (Å²) in [5.41, 5.74) is -2.23. The van der Waals surface area contributed by atoms with Crippen LogP contribution in [0.25, 0.3) is 0 Å². The molecule has 0 aromatic rings. The van der Waals surface area contributed by atoms with Gasteiger partial charge in [-0.3, -0.25) is 29.0 Å². The molecule has 5 aliphatic rings. The molecule has 344 valence electrons. The number of likely N-dealkylation sites (tertiary alicyclic amines) is 2. The Labute approximate surface area is 363 Å². The van der Waals surface area contributed by atoms with Crippen molar-refractivity contribution in [2.75, 3.05) is 14.1 Å². The van der Waals surface area contributed by atoms with Crippen molar-refractivity contribution in [3.63, 3.8) is 0 Å². The van der Waals surface area contributed by atoms with E-state index < -0.39 is 65.9 Å². The summed E-state index contributed by atoms with van der Waals surface area (Å²) in [6, 6.07) is 0. The number of ether oxygens (including phenoxy) is 4. The molecule has 0 bridgehead atoms. The quantitative estimate of drug-likeness (QED) is 0.187. The number of hydrogen-bond donors (Lipinski definition) is 2. The summed E-state index contributed by atoms with van der Waals surface area (Å²) in [7, 11) is 4.19. The molecule has 0 spiro atoms. The molecule has 0 amide bonds. The van der Waals surface area contributed by atoms with Crippen LogP contribution >= 0.6 is 0 Å². The first-order valence-electron chi connectivity index (χ1n) is 22.9. The largest absolute Gasteiger partial charge is 0.462 e. The fraction of sp³-hybridized carbons (Fsp3) is 0.917. The van der Waals surface area contributed by atoms with Gasteiger partial charge in [-0.05, 0) is 138 Å². The second-order valence-electron chi connectivity index (χ2n) is 24.9. The predicted octanol–water partition coefficient (Wildman–Crippen LogP) is 7.34. The first kappa shape index (κ1) is 48.7. The molecule has 2 N–H and O–H groups in total. The molecule has 1 aliphatic carbocycles. The van der Waals surface area contributed by atoms with E-state index in [0.717, 1.165) is 0 Å². The number of carbonyl (C=O) groups is 4. The minimum absolute atomic E-state index is 0.00979. The molecule has 0 aromatic carbocycles. The van der Waals surface area contributed by atoms with E-state index in [4.69, 9.17) is 18.9 Å². The maximum atomic E-state index is 14.9. The Kier molecular flexibility index (Phi) is 13.3. The van der Waals surface area contributed by atoms with Gasteiger partial charge in [-0.1, -0.05) is 0 Å². The number of nitrogens with one attached hydrogen (secondary N) is 2. The molecule has 0 radical (unpaired) electrons. The van der Waals surface area contributed by atoms with E-state index in [1.54, 1.807) is 0 Å². The van der Waals surface area contributed by atoms with Crippen molar-refractivity contribution in [1.82, 2.24) is 20.4 Å². The van der Waals surface area contributed by atoms with Gasteiger partial charge in [0.2, 0.25) is 0 Å². The van der Waals surface area contributed by atoms with Crippen LogP contribution in [-0.4, -0.2) is 116 Å². The average molecular weight is 845 g/mol. The second-order valence-corrected chi connectivity index (χ2v) is 24.9. The molecular formula is C48H84N4O8. The number of esters is 4. The standard InChI is InChI=1S/C48H84N4O8/c1-41(2)21-30(22-42(3,4)49-41)57-37(53)29-19-34(38(54)58-32-25-45(9,10)51(17)46(11,12)26-32)36(40(56)60-31-23-43(5,6)50-44(7,8)24-31)35(20-29)39(55)59-33-27-47(13,14)52(18)48(15,16)28-33/h29-36,49-50H,19-28H2,1-18H3. The van der Waals surface area contributed by atoms with Gasteiger partial charge in [-0.25, -0.2) is 0 Å². The summed E-state index contributed by atoms with van der Waals surface area (Å²) in [5.74, 6) is -6.51. The summed E-state index contributed by atoms with van der Waals surface area (Å²) in [5, 5.41) is 7.30. The third-order valence-electron chi connectivity index (χ3n) is 15.1. The molecular weight excluding hydrogens is 761 g/mol. The second kappa shape index (κ2) is 16.4. The van der Waals surface area contributed by atoms with Crippen molar-refractivity contribution in [2.24, 2.45) is 23.7 Å². The van der Waals surface area contributed by atoms with Gasteiger partial charge in [0.05, 0.1) is 23.7 Å². The van der Waals surface area contributed by atoms with E-state index in [0.29, 0.717) is 51.4 Å². The molecule has 60 heavy (non-hydrogen) atoms. The Morgan fingerprint density at radius 1 is 0.400 bits per heavy atom. The Morgan fingerprint density at radius 2 is 0.650 bits per heavy atom. The lowest BCUT2D eigenvalue weighted by Gasteiger charge is -2.53. The molecule has 4 aliphatic heterocycles. The van der Waals surface area contributed by atoms with Crippen molar-refractivity contribution in [3.05, 3.63) is 0 Å². The Hall–Kier alpha value is -2.28. The van der Waals surface area contributed by atoms with Crippen molar-refractivity contribution >= 4 is 23.9 Å². The fourth-order valence-corrected chi connectivity index (χ4v) is 12.6. The molecule has 2 unspecified atom stereocenters. The monoisotopic (exact) mass is 845 g/mol. The number of piperidine rings is 4. The van der Waals surface area contributed by atoms with E-state index in [1.807, 2.05) is 0 Å². The lowest BCUT2D eigenvalue weighted by molar-refractivity contribution is -0.189. The number of hydrogen-bond acceptors (Lipinski definition) is 12. The smallest absolute Gasteiger partial charge is 0.310 e. The van der Waals surface area contributed by atoms with Gasteiger partial charge >= 0.3 is 23.9 Å². The first-order chi connectivity index (χ1) is 27.0.